The number of hydrogen-bond acceptors (Lipinski definition) is 4. The fourth-order valence-corrected chi connectivity index (χ4v) is 1.27. The highest BCUT2D eigenvalue weighted by Crippen LogP contribution is 2.07. The van der Waals surface area contributed by atoms with Gasteiger partial charge < -0.3 is 15.0 Å². The maximum Gasteiger partial charge on any atom is 0.245 e. The smallest absolute Gasteiger partial charge is 0.245 e. The highest BCUT2D eigenvalue weighted by molar-refractivity contribution is 5.87. The van der Waals surface area contributed by atoms with Gasteiger partial charge in [-0.2, -0.15) is 0 Å². The maximum atomic E-state index is 11.2. The Kier molecular flexibility index (Phi) is 10.8. The van der Waals surface area contributed by atoms with E-state index in [-0.39, 0.29) is 5.91 Å². The van der Waals surface area contributed by atoms with Crippen molar-refractivity contribution in [2.24, 2.45) is 0 Å². The molecule has 0 atom stereocenters. The zero-order chi connectivity index (χ0) is 16.1. The summed E-state index contributed by atoms with van der Waals surface area (Å²) in [6, 6.07) is 3.82. The summed E-state index contributed by atoms with van der Waals surface area (Å²) in [6.45, 7) is 7.87. The zero-order valence-corrected chi connectivity index (χ0v) is 13.7. The molecule has 0 fully saturated rings. The van der Waals surface area contributed by atoms with Crippen molar-refractivity contribution in [3.63, 3.8) is 0 Å². The Balaban J connectivity index is 0.00000191. The van der Waals surface area contributed by atoms with Gasteiger partial charge in [-0.3, -0.25) is 9.78 Å². The van der Waals surface area contributed by atoms with Crippen LogP contribution < -0.4 is 10.1 Å². The fraction of sp³-hybridized carbons (Fsp3) is 0.500. The third-order valence-corrected chi connectivity index (χ3v) is 2.40. The number of carbonyl (C=O) groups is 1. The van der Waals surface area contributed by atoms with Gasteiger partial charge in [0.1, 0.15) is 12.4 Å². The molecule has 21 heavy (non-hydrogen) atoms. The van der Waals surface area contributed by atoms with Gasteiger partial charge in [0, 0.05) is 39.0 Å². The van der Waals surface area contributed by atoms with E-state index in [1.54, 1.807) is 32.4 Å². The van der Waals surface area contributed by atoms with Crippen molar-refractivity contribution in [1.82, 2.24) is 15.2 Å². The number of likely N-dealkylation sites (N-methyl/N-ethyl adjacent to an activating group) is 1. The van der Waals surface area contributed by atoms with Crippen molar-refractivity contribution in [1.29, 1.82) is 0 Å². The van der Waals surface area contributed by atoms with Crippen molar-refractivity contribution >= 4 is 5.91 Å². The van der Waals surface area contributed by atoms with Crippen LogP contribution in [0.5, 0.6) is 5.75 Å². The van der Waals surface area contributed by atoms with Gasteiger partial charge in [0.25, 0.3) is 0 Å². The number of nitrogens with one attached hydrogen (secondary N) is 1. The Hall–Kier alpha value is -1.88. The molecule has 0 unspecified atom stereocenters. The van der Waals surface area contributed by atoms with Crippen molar-refractivity contribution in [2.45, 2.75) is 20.8 Å². The second-order valence-electron chi connectivity index (χ2n) is 4.32. The number of aromatic nitrogens is 1. The molecule has 0 saturated heterocycles. The molecular formula is C16H27N3O2. The summed E-state index contributed by atoms with van der Waals surface area (Å²) >= 11 is 0. The molecule has 1 N–H and O–H groups in total. The monoisotopic (exact) mass is 293 g/mol. The lowest BCUT2D eigenvalue weighted by Gasteiger charge is -2.07. The Morgan fingerprint density at radius 1 is 1.38 bits per heavy atom. The molecule has 5 heteroatoms. The number of hydrogen-bond donors (Lipinski definition) is 1. The van der Waals surface area contributed by atoms with Crippen LogP contribution in [-0.2, 0) is 4.79 Å². The predicted octanol–water partition coefficient (Wildman–Crippen LogP) is 2.03. The van der Waals surface area contributed by atoms with E-state index in [9.17, 15) is 4.79 Å². The first kappa shape index (κ1) is 19.1. The molecule has 5 nitrogen and oxygen atoms in total. The molecule has 0 radical (unpaired) electrons. The number of carbonyl (C=O) groups excluding carboxylic acids is 1. The molecule has 0 aromatic carbocycles. The molecule has 0 aliphatic rings. The Morgan fingerprint density at radius 3 is 2.67 bits per heavy atom. The maximum absolute atomic E-state index is 11.2. The molecule has 118 valence electrons. The van der Waals surface area contributed by atoms with Gasteiger partial charge in [-0.05, 0) is 19.1 Å². The Labute approximate surface area is 128 Å². The van der Waals surface area contributed by atoms with E-state index >= 15 is 0 Å². The Bertz CT molecular complexity index is 414. The van der Waals surface area contributed by atoms with E-state index in [1.165, 1.54) is 4.90 Å². The van der Waals surface area contributed by atoms with Crippen LogP contribution in [0.2, 0.25) is 0 Å². The Morgan fingerprint density at radius 2 is 2.10 bits per heavy atom. The highest BCUT2D eigenvalue weighted by Gasteiger charge is 1.96. The molecule has 0 spiro atoms. The van der Waals surface area contributed by atoms with E-state index in [1.807, 2.05) is 32.9 Å². The van der Waals surface area contributed by atoms with E-state index in [0.29, 0.717) is 19.7 Å². The van der Waals surface area contributed by atoms with Crippen LogP contribution in [-0.4, -0.2) is 49.6 Å². The number of pyridine rings is 1. The second-order valence-corrected chi connectivity index (χ2v) is 4.32. The fourth-order valence-electron chi connectivity index (χ4n) is 1.27. The minimum Gasteiger partial charge on any atom is -0.491 e. The van der Waals surface area contributed by atoms with Crippen LogP contribution >= 0.6 is 0 Å². The number of ether oxygens (including phenoxy) is 1. The molecule has 1 aromatic heterocycles. The number of nitrogens with zero attached hydrogens (tertiary/aromatic N) is 2. The molecule has 1 aromatic rings. The standard InChI is InChI=1S/C14H21N3O2.C2H6/c1-12-6-7-13(11-16-12)19-10-9-15-8-4-5-14(18)17(2)3;1-2/h4-7,11,15H,8-10H2,1-3H3;1-2H3/b5-4+;. The lowest BCUT2D eigenvalue weighted by molar-refractivity contribution is -0.123. The summed E-state index contributed by atoms with van der Waals surface area (Å²) in [7, 11) is 3.45. The highest BCUT2D eigenvalue weighted by atomic mass is 16.5. The van der Waals surface area contributed by atoms with Gasteiger partial charge in [0.15, 0.2) is 0 Å². The van der Waals surface area contributed by atoms with Crippen molar-refractivity contribution in [3.05, 3.63) is 36.2 Å². The molecule has 0 saturated carbocycles. The first-order valence-electron chi connectivity index (χ1n) is 7.23. The largest absolute Gasteiger partial charge is 0.491 e. The average molecular weight is 293 g/mol. The number of aryl methyl sites for hydroxylation is 1. The van der Waals surface area contributed by atoms with Crippen LogP contribution in [0.15, 0.2) is 30.5 Å². The van der Waals surface area contributed by atoms with Gasteiger partial charge in [-0.1, -0.05) is 19.9 Å². The van der Waals surface area contributed by atoms with Crippen LogP contribution in [0.25, 0.3) is 0 Å². The lowest BCUT2D eigenvalue weighted by atomic mass is 10.4. The predicted molar refractivity (Wildman–Crippen MR) is 86.5 cm³/mol. The minimum absolute atomic E-state index is 0.0104. The van der Waals surface area contributed by atoms with Crippen molar-refractivity contribution < 1.29 is 9.53 Å². The van der Waals surface area contributed by atoms with Gasteiger partial charge in [-0.15, -0.1) is 0 Å². The molecule has 0 bridgehead atoms. The summed E-state index contributed by atoms with van der Waals surface area (Å²) in [4.78, 5) is 16.9. The first-order valence-corrected chi connectivity index (χ1v) is 7.23. The molecule has 1 heterocycles. The van der Waals surface area contributed by atoms with E-state index in [4.69, 9.17) is 4.74 Å². The molecule has 1 amide bonds. The molecular weight excluding hydrogens is 266 g/mol. The topological polar surface area (TPSA) is 54.5 Å². The van der Waals surface area contributed by atoms with E-state index in [2.05, 4.69) is 10.3 Å². The summed E-state index contributed by atoms with van der Waals surface area (Å²) in [6.07, 6.45) is 5.07. The number of rotatable bonds is 7. The van der Waals surface area contributed by atoms with E-state index in [0.717, 1.165) is 11.4 Å². The average Bonchev–Trinajstić information content (AvgIpc) is 2.49. The van der Waals surface area contributed by atoms with Crippen LogP contribution in [0.3, 0.4) is 0 Å². The van der Waals surface area contributed by atoms with Crippen LogP contribution in [0.1, 0.15) is 19.5 Å². The quantitative estimate of drug-likeness (QED) is 0.617. The lowest BCUT2D eigenvalue weighted by Crippen LogP contribution is -2.22. The second kappa shape index (κ2) is 11.9. The van der Waals surface area contributed by atoms with Gasteiger partial charge in [0.2, 0.25) is 5.91 Å². The van der Waals surface area contributed by atoms with Crippen LogP contribution in [0, 0.1) is 6.92 Å². The van der Waals surface area contributed by atoms with E-state index < -0.39 is 0 Å². The summed E-state index contributed by atoms with van der Waals surface area (Å²) in [5, 5.41) is 3.16. The molecule has 1 rings (SSSR count). The van der Waals surface area contributed by atoms with Crippen LogP contribution in [0.4, 0.5) is 0 Å². The molecule has 0 aliphatic carbocycles. The SMILES string of the molecule is CC.Cc1ccc(OCCNC/C=C/C(=O)N(C)C)cn1. The minimum atomic E-state index is -0.0104. The van der Waals surface area contributed by atoms with Gasteiger partial charge >= 0.3 is 0 Å². The summed E-state index contributed by atoms with van der Waals surface area (Å²) < 4.78 is 5.50. The van der Waals surface area contributed by atoms with Gasteiger partial charge in [0.05, 0.1) is 6.20 Å². The normalized spacial score (nSPS) is 9.95. The third kappa shape index (κ3) is 9.62. The number of amides is 1. The first-order chi connectivity index (χ1) is 10.1. The summed E-state index contributed by atoms with van der Waals surface area (Å²) in [5.41, 5.74) is 0.973. The van der Waals surface area contributed by atoms with Gasteiger partial charge in [-0.25, -0.2) is 0 Å². The zero-order valence-electron chi connectivity index (χ0n) is 13.7. The third-order valence-electron chi connectivity index (χ3n) is 2.40. The molecule has 0 aliphatic heterocycles. The summed E-state index contributed by atoms with van der Waals surface area (Å²) in [5.74, 6) is 0.759. The van der Waals surface area contributed by atoms with Crippen molar-refractivity contribution in [3.8, 4) is 5.75 Å². The van der Waals surface area contributed by atoms with Crippen molar-refractivity contribution in [2.75, 3.05) is 33.8 Å².